The van der Waals surface area contributed by atoms with Crippen LogP contribution in [0.2, 0.25) is 0 Å². The summed E-state index contributed by atoms with van der Waals surface area (Å²) in [5.74, 6) is 0.0556. The second-order valence-electron chi connectivity index (χ2n) is 8.62. The number of hydrogen-bond acceptors (Lipinski definition) is 5. The Hall–Kier alpha value is -2.73. The number of hydrogen-bond donors (Lipinski definition) is 2. The second kappa shape index (κ2) is 7.26. The number of Topliss-reactive ketones (excluding diaryl/α,β-unsaturated/α-hetero) is 1. The summed E-state index contributed by atoms with van der Waals surface area (Å²) in [6.07, 6.45) is 2.96. The Morgan fingerprint density at radius 1 is 1.28 bits per heavy atom. The molecule has 3 heterocycles. The van der Waals surface area contributed by atoms with E-state index in [-0.39, 0.29) is 23.0 Å². The third-order valence-corrected chi connectivity index (χ3v) is 6.41. The standard InChI is InChI=1S/C23H25N3O2S/c1-13-7-8-24-18(10-13)26-22(28)19-14(2)25-15-11-23(3,4)12-16(27)20(15)21(19)17-6-5-9-29-17/h5-10,21,25H,11-12H2,1-4H3,(H,24,26,28)/t21-/m0/s1. The molecule has 0 bridgehead atoms. The monoisotopic (exact) mass is 407 g/mol. The van der Waals surface area contributed by atoms with Crippen molar-refractivity contribution in [2.24, 2.45) is 5.41 Å². The summed E-state index contributed by atoms with van der Waals surface area (Å²) in [4.78, 5) is 31.8. The molecule has 0 aromatic carbocycles. The predicted octanol–water partition coefficient (Wildman–Crippen LogP) is 4.69. The topological polar surface area (TPSA) is 71.1 Å². The number of ketones is 1. The number of aryl methyl sites for hydroxylation is 1. The van der Waals surface area contributed by atoms with E-state index >= 15 is 0 Å². The van der Waals surface area contributed by atoms with E-state index in [1.54, 1.807) is 17.5 Å². The molecule has 2 aliphatic rings. The third kappa shape index (κ3) is 3.77. The molecule has 5 nitrogen and oxygen atoms in total. The van der Waals surface area contributed by atoms with Gasteiger partial charge in [0.1, 0.15) is 5.82 Å². The number of nitrogens with zero attached hydrogens (tertiary/aromatic N) is 1. The van der Waals surface area contributed by atoms with E-state index in [2.05, 4.69) is 29.5 Å². The number of amides is 1. The fourth-order valence-electron chi connectivity index (χ4n) is 4.27. The van der Waals surface area contributed by atoms with Crippen molar-refractivity contribution in [2.75, 3.05) is 5.32 Å². The van der Waals surface area contributed by atoms with E-state index in [0.29, 0.717) is 17.8 Å². The SMILES string of the molecule is CC1=C(C(=O)Nc2cc(C)ccn2)[C@H](c2cccs2)C2=C(CC(C)(C)CC2=O)N1. The molecule has 1 atom stereocenters. The van der Waals surface area contributed by atoms with Crippen LogP contribution in [0, 0.1) is 12.3 Å². The number of aromatic nitrogens is 1. The van der Waals surface area contributed by atoms with Crippen LogP contribution in [-0.4, -0.2) is 16.7 Å². The predicted molar refractivity (Wildman–Crippen MR) is 116 cm³/mol. The highest BCUT2D eigenvalue weighted by Gasteiger charge is 2.43. The van der Waals surface area contributed by atoms with Crippen molar-refractivity contribution in [3.8, 4) is 0 Å². The van der Waals surface area contributed by atoms with Gasteiger partial charge in [0.05, 0.1) is 5.92 Å². The summed E-state index contributed by atoms with van der Waals surface area (Å²) in [5.41, 5.74) is 3.99. The highest BCUT2D eigenvalue weighted by molar-refractivity contribution is 7.10. The van der Waals surface area contributed by atoms with Gasteiger partial charge in [-0.15, -0.1) is 11.3 Å². The summed E-state index contributed by atoms with van der Waals surface area (Å²) in [6, 6.07) is 7.69. The Kier molecular flexibility index (Phi) is 4.90. The number of carbonyl (C=O) groups is 2. The first-order valence-corrected chi connectivity index (χ1v) is 10.6. The van der Waals surface area contributed by atoms with Gasteiger partial charge in [-0.05, 0) is 54.8 Å². The van der Waals surface area contributed by atoms with Gasteiger partial charge < -0.3 is 10.6 Å². The van der Waals surface area contributed by atoms with Crippen LogP contribution in [0.3, 0.4) is 0 Å². The van der Waals surface area contributed by atoms with E-state index in [4.69, 9.17) is 0 Å². The van der Waals surface area contributed by atoms with E-state index in [1.165, 1.54) is 0 Å². The molecule has 0 saturated heterocycles. The third-order valence-electron chi connectivity index (χ3n) is 5.47. The van der Waals surface area contributed by atoms with Crippen LogP contribution in [0.15, 0.2) is 58.4 Å². The number of anilines is 1. The molecule has 2 N–H and O–H groups in total. The normalized spacial score (nSPS) is 21.0. The number of rotatable bonds is 3. The number of dihydropyridines is 1. The minimum absolute atomic E-state index is 0.0888. The Balaban J connectivity index is 1.77. The molecule has 29 heavy (non-hydrogen) atoms. The molecule has 4 rings (SSSR count). The minimum atomic E-state index is -0.348. The maximum atomic E-state index is 13.3. The van der Waals surface area contributed by atoms with Gasteiger partial charge in [-0.2, -0.15) is 0 Å². The van der Waals surface area contributed by atoms with Gasteiger partial charge >= 0.3 is 0 Å². The molecule has 0 saturated carbocycles. The summed E-state index contributed by atoms with van der Waals surface area (Å²) in [5, 5.41) is 8.30. The molecule has 1 aliphatic carbocycles. The maximum absolute atomic E-state index is 13.3. The highest BCUT2D eigenvalue weighted by Crippen LogP contribution is 2.47. The molecule has 0 fully saturated rings. The molecule has 0 radical (unpaired) electrons. The smallest absolute Gasteiger partial charge is 0.255 e. The Bertz CT molecular complexity index is 1050. The van der Waals surface area contributed by atoms with Crippen LogP contribution in [0.1, 0.15) is 50.0 Å². The Morgan fingerprint density at radius 3 is 2.76 bits per heavy atom. The van der Waals surface area contributed by atoms with Crippen molar-refractivity contribution in [1.82, 2.24) is 10.3 Å². The van der Waals surface area contributed by atoms with E-state index in [0.717, 1.165) is 33.8 Å². The van der Waals surface area contributed by atoms with Crippen LogP contribution in [0.25, 0.3) is 0 Å². The van der Waals surface area contributed by atoms with Gasteiger partial charge in [0.2, 0.25) is 0 Å². The fourth-order valence-corrected chi connectivity index (χ4v) is 5.11. The van der Waals surface area contributed by atoms with Crippen molar-refractivity contribution in [3.63, 3.8) is 0 Å². The van der Waals surface area contributed by atoms with Gasteiger partial charge in [-0.1, -0.05) is 19.9 Å². The molecular formula is C23H25N3O2S. The van der Waals surface area contributed by atoms with E-state index in [1.807, 2.05) is 43.5 Å². The summed E-state index contributed by atoms with van der Waals surface area (Å²) < 4.78 is 0. The van der Waals surface area contributed by atoms with Gasteiger partial charge in [0.15, 0.2) is 5.78 Å². The summed E-state index contributed by atoms with van der Waals surface area (Å²) in [6.45, 7) is 8.09. The van der Waals surface area contributed by atoms with Gasteiger partial charge in [0, 0.05) is 40.0 Å². The average Bonchev–Trinajstić information content (AvgIpc) is 3.13. The van der Waals surface area contributed by atoms with Crippen LogP contribution in [0.4, 0.5) is 5.82 Å². The zero-order chi connectivity index (χ0) is 20.8. The molecule has 0 unspecified atom stereocenters. The molecule has 1 amide bonds. The fraction of sp³-hybridized carbons (Fsp3) is 0.348. The maximum Gasteiger partial charge on any atom is 0.255 e. The van der Waals surface area contributed by atoms with Crippen LogP contribution in [0.5, 0.6) is 0 Å². The number of thiophene rings is 1. The summed E-state index contributed by atoms with van der Waals surface area (Å²) in [7, 11) is 0. The Labute approximate surface area is 174 Å². The van der Waals surface area contributed by atoms with Crippen molar-refractivity contribution >= 4 is 28.8 Å². The van der Waals surface area contributed by atoms with Crippen LogP contribution >= 0.6 is 11.3 Å². The lowest BCUT2D eigenvalue weighted by Crippen LogP contribution is -2.39. The van der Waals surface area contributed by atoms with E-state index in [9.17, 15) is 9.59 Å². The largest absolute Gasteiger partial charge is 0.362 e. The number of pyridine rings is 1. The van der Waals surface area contributed by atoms with Gasteiger partial charge in [0.25, 0.3) is 5.91 Å². The average molecular weight is 408 g/mol. The molecule has 2 aromatic rings. The zero-order valence-corrected chi connectivity index (χ0v) is 17.9. The van der Waals surface area contributed by atoms with E-state index < -0.39 is 0 Å². The van der Waals surface area contributed by atoms with Crippen molar-refractivity contribution in [3.05, 3.63) is 68.8 Å². The number of nitrogens with one attached hydrogen (secondary N) is 2. The zero-order valence-electron chi connectivity index (χ0n) is 17.1. The molecule has 6 heteroatoms. The minimum Gasteiger partial charge on any atom is -0.362 e. The molecule has 1 aliphatic heterocycles. The first-order chi connectivity index (χ1) is 13.7. The highest BCUT2D eigenvalue weighted by atomic mass is 32.1. The Morgan fingerprint density at radius 2 is 2.07 bits per heavy atom. The lowest BCUT2D eigenvalue weighted by Gasteiger charge is -2.39. The first kappa shape index (κ1) is 19.6. The van der Waals surface area contributed by atoms with Gasteiger partial charge in [-0.25, -0.2) is 4.98 Å². The molecule has 2 aromatic heterocycles. The van der Waals surface area contributed by atoms with Crippen LogP contribution < -0.4 is 10.6 Å². The lowest BCUT2D eigenvalue weighted by atomic mass is 9.69. The molecular weight excluding hydrogens is 382 g/mol. The second-order valence-corrected chi connectivity index (χ2v) is 9.60. The summed E-state index contributed by atoms with van der Waals surface area (Å²) >= 11 is 1.58. The molecule has 0 spiro atoms. The quantitative estimate of drug-likeness (QED) is 0.774. The first-order valence-electron chi connectivity index (χ1n) is 9.76. The van der Waals surface area contributed by atoms with Gasteiger partial charge in [-0.3, -0.25) is 9.59 Å². The number of allylic oxidation sites excluding steroid dienone is 3. The van der Waals surface area contributed by atoms with Crippen molar-refractivity contribution < 1.29 is 9.59 Å². The van der Waals surface area contributed by atoms with Crippen LogP contribution in [-0.2, 0) is 9.59 Å². The molecule has 150 valence electrons. The van der Waals surface area contributed by atoms with Crippen molar-refractivity contribution in [1.29, 1.82) is 0 Å². The van der Waals surface area contributed by atoms with Crippen molar-refractivity contribution in [2.45, 2.75) is 46.5 Å². The number of carbonyl (C=O) groups excluding carboxylic acids is 2. The lowest BCUT2D eigenvalue weighted by molar-refractivity contribution is -0.118.